The molecule has 76 valence electrons. The van der Waals surface area contributed by atoms with Gasteiger partial charge in [0, 0.05) is 17.0 Å². The van der Waals surface area contributed by atoms with Crippen molar-refractivity contribution < 1.29 is 0 Å². The molecule has 0 radical (unpaired) electrons. The highest BCUT2D eigenvalue weighted by Gasteiger charge is 2.42. The van der Waals surface area contributed by atoms with Gasteiger partial charge < -0.3 is 5.73 Å². The summed E-state index contributed by atoms with van der Waals surface area (Å²) in [7, 11) is 0. The molecule has 0 spiro atoms. The Morgan fingerprint density at radius 2 is 2.13 bits per heavy atom. The Morgan fingerprint density at radius 1 is 1.33 bits per heavy atom. The number of nitrogen functional groups attached to an aromatic ring is 1. The number of nitrogens with two attached hydrogens (primary N) is 1. The smallest absolute Gasteiger partial charge is 0.137 e. The molecule has 0 atom stereocenters. The molecule has 3 rings (SSSR count). The van der Waals surface area contributed by atoms with Gasteiger partial charge in [0.25, 0.3) is 0 Å². The topological polar surface area (TPSA) is 64.7 Å². The zero-order valence-electron chi connectivity index (χ0n) is 8.57. The molecule has 2 N–H and O–H groups in total. The summed E-state index contributed by atoms with van der Waals surface area (Å²) in [6, 6.07) is 1.85. The molecule has 0 bridgehead atoms. The van der Waals surface area contributed by atoms with Crippen molar-refractivity contribution in [1.29, 1.82) is 0 Å². The van der Waals surface area contributed by atoms with Gasteiger partial charge in [-0.1, -0.05) is 6.92 Å². The van der Waals surface area contributed by atoms with Crippen LogP contribution in [0.25, 0.3) is 10.9 Å². The maximum Gasteiger partial charge on any atom is 0.137 e. The molecule has 0 amide bonds. The zero-order valence-corrected chi connectivity index (χ0v) is 8.57. The monoisotopic (exact) mass is 200 g/mol. The van der Waals surface area contributed by atoms with Crippen molar-refractivity contribution in [2.45, 2.75) is 25.2 Å². The standard InChI is InChI=1S/C11H12N4/c1-11(3-4-11)10-14-8-6-13-5-2-7(8)9(12)15-10/h2,5-6H,3-4H2,1H3,(H2,12,14,15). The first kappa shape index (κ1) is 8.59. The maximum atomic E-state index is 5.90. The van der Waals surface area contributed by atoms with Crippen molar-refractivity contribution in [3.05, 3.63) is 24.3 Å². The Hall–Kier alpha value is -1.71. The summed E-state index contributed by atoms with van der Waals surface area (Å²) in [5.74, 6) is 1.42. The van der Waals surface area contributed by atoms with Crippen molar-refractivity contribution in [3.8, 4) is 0 Å². The van der Waals surface area contributed by atoms with E-state index in [1.54, 1.807) is 12.4 Å². The molecular weight excluding hydrogens is 188 g/mol. The lowest BCUT2D eigenvalue weighted by molar-refractivity contribution is 0.717. The molecule has 0 unspecified atom stereocenters. The van der Waals surface area contributed by atoms with Crippen molar-refractivity contribution in [3.63, 3.8) is 0 Å². The molecule has 1 fully saturated rings. The van der Waals surface area contributed by atoms with Gasteiger partial charge in [0.05, 0.1) is 11.7 Å². The molecule has 2 aromatic heterocycles. The van der Waals surface area contributed by atoms with Crippen LogP contribution in [0, 0.1) is 0 Å². The van der Waals surface area contributed by atoms with Gasteiger partial charge in [-0.05, 0) is 18.9 Å². The lowest BCUT2D eigenvalue weighted by Gasteiger charge is -2.09. The summed E-state index contributed by atoms with van der Waals surface area (Å²) in [6.45, 7) is 2.17. The summed E-state index contributed by atoms with van der Waals surface area (Å²) in [6.07, 6.45) is 5.75. The van der Waals surface area contributed by atoms with E-state index < -0.39 is 0 Å². The predicted octanol–water partition coefficient (Wildman–Crippen LogP) is 1.66. The van der Waals surface area contributed by atoms with Crippen LogP contribution < -0.4 is 5.73 Å². The lowest BCUT2D eigenvalue weighted by Crippen LogP contribution is -2.09. The third-order valence-corrected chi connectivity index (χ3v) is 3.07. The summed E-state index contributed by atoms with van der Waals surface area (Å²) in [5, 5.41) is 0.887. The second kappa shape index (κ2) is 2.66. The van der Waals surface area contributed by atoms with Crippen LogP contribution in [0.4, 0.5) is 5.82 Å². The third-order valence-electron chi connectivity index (χ3n) is 3.07. The summed E-state index contributed by atoms with van der Waals surface area (Å²) < 4.78 is 0. The van der Waals surface area contributed by atoms with Gasteiger partial charge in [-0.15, -0.1) is 0 Å². The minimum atomic E-state index is 0.151. The number of pyridine rings is 1. The molecule has 15 heavy (non-hydrogen) atoms. The predicted molar refractivity (Wildman–Crippen MR) is 58.3 cm³/mol. The third kappa shape index (κ3) is 1.25. The van der Waals surface area contributed by atoms with Gasteiger partial charge in [0.2, 0.25) is 0 Å². The fourth-order valence-corrected chi connectivity index (χ4v) is 1.69. The van der Waals surface area contributed by atoms with Crippen LogP contribution in [-0.2, 0) is 5.41 Å². The van der Waals surface area contributed by atoms with Gasteiger partial charge in [-0.2, -0.15) is 0 Å². The Balaban J connectivity index is 2.27. The number of hydrogen-bond acceptors (Lipinski definition) is 4. The van der Waals surface area contributed by atoms with E-state index in [2.05, 4.69) is 21.9 Å². The number of aromatic nitrogens is 3. The first-order valence-electron chi connectivity index (χ1n) is 5.07. The quantitative estimate of drug-likeness (QED) is 0.760. The van der Waals surface area contributed by atoms with Gasteiger partial charge in [-0.3, -0.25) is 4.98 Å². The van der Waals surface area contributed by atoms with E-state index in [0.717, 1.165) is 29.6 Å². The highest BCUT2D eigenvalue weighted by Crippen LogP contribution is 2.46. The van der Waals surface area contributed by atoms with Crippen molar-refractivity contribution in [2.75, 3.05) is 5.73 Å². The SMILES string of the molecule is CC1(c2nc(N)c3ccncc3n2)CC1. The molecule has 4 heteroatoms. The van der Waals surface area contributed by atoms with Crippen molar-refractivity contribution >= 4 is 16.7 Å². The Morgan fingerprint density at radius 3 is 2.87 bits per heavy atom. The summed E-state index contributed by atoms with van der Waals surface area (Å²) in [4.78, 5) is 12.9. The van der Waals surface area contributed by atoms with Gasteiger partial charge in [-0.25, -0.2) is 9.97 Å². The number of rotatable bonds is 1. The second-order valence-corrected chi connectivity index (χ2v) is 4.39. The Labute approximate surface area is 87.6 Å². The molecule has 1 aliphatic carbocycles. The Bertz CT molecular complexity index is 531. The lowest BCUT2D eigenvalue weighted by atomic mass is 10.1. The first-order chi connectivity index (χ1) is 7.19. The first-order valence-corrected chi connectivity index (χ1v) is 5.07. The normalized spacial score (nSPS) is 17.9. The maximum absolute atomic E-state index is 5.90. The van der Waals surface area contributed by atoms with Crippen LogP contribution in [0.1, 0.15) is 25.6 Å². The van der Waals surface area contributed by atoms with Crippen molar-refractivity contribution in [1.82, 2.24) is 15.0 Å². The fraction of sp³-hybridized carbons (Fsp3) is 0.364. The van der Waals surface area contributed by atoms with E-state index in [9.17, 15) is 0 Å². The average molecular weight is 200 g/mol. The molecular formula is C11H12N4. The molecule has 0 aromatic carbocycles. The second-order valence-electron chi connectivity index (χ2n) is 4.39. The number of nitrogens with zero attached hydrogens (tertiary/aromatic N) is 3. The summed E-state index contributed by atoms with van der Waals surface area (Å²) in [5.41, 5.74) is 6.89. The van der Waals surface area contributed by atoms with Gasteiger partial charge in [0.1, 0.15) is 11.6 Å². The molecule has 2 aromatic rings. The molecule has 1 saturated carbocycles. The zero-order chi connectivity index (χ0) is 10.5. The van der Waals surface area contributed by atoms with E-state index in [1.165, 1.54) is 0 Å². The largest absolute Gasteiger partial charge is 0.383 e. The molecule has 4 nitrogen and oxygen atoms in total. The van der Waals surface area contributed by atoms with Crippen LogP contribution in [0.15, 0.2) is 18.5 Å². The molecule has 0 saturated heterocycles. The van der Waals surface area contributed by atoms with Crippen LogP contribution in [0.5, 0.6) is 0 Å². The van der Waals surface area contributed by atoms with Gasteiger partial charge in [0.15, 0.2) is 0 Å². The van der Waals surface area contributed by atoms with Crippen LogP contribution in [0.3, 0.4) is 0 Å². The minimum absolute atomic E-state index is 0.151. The highest BCUT2D eigenvalue weighted by atomic mass is 15.0. The number of hydrogen-bond donors (Lipinski definition) is 1. The fourth-order valence-electron chi connectivity index (χ4n) is 1.69. The molecule has 1 aliphatic rings. The van der Waals surface area contributed by atoms with E-state index in [1.807, 2.05) is 6.07 Å². The van der Waals surface area contributed by atoms with Gasteiger partial charge >= 0.3 is 0 Å². The van der Waals surface area contributed by atoms with E-state index in [4.69, 9.17) is 5.73 Å². The average Bonchev–Trinajstić information content (AvgIpc) is 2.98. The Kier molecular flexibility index (Phi) is 1.52. The molecule has 0 aliphatic heterocycles. The van der Waals surface area contributed by atoms with E-state index in [-0.39, 0.29) is 5.41 Å². The number of anilines is 1. The number of fused-ring (bicyclic) bond motifs is 1. The van der Waals surface area contributed by atoms with Crippen LogP contribution in [-0.4, -0.2) is 15.0 Å². The van der Waals surface area contributed by atoms with Crippen LogP contribution in [0.2, 0.25) is 0 Å². The van der Waals surface area contributed by atoms with E-state index >= 15 is 0 Å². The molecule has 2 heterocycles. The summed E-state index contributed by atoms with van der Waals surface area (Å²) >= 11 is 0. The van der Waals surface area contributed by atoms with Crippen molar-refractivity contribution in [2.24, 2.45) is 0 Å². The van der Waals surface area contributed by atoms with E-state index in [0.29, 0.717) is 5.82 Å². The minimum Gasteiger partial charge on any atom is -0.383 e. The highest BCUT2D eigenvalue weighted by molar-refractivity contribution is 5.87. The van der Waals surface area contributed by atoms with Crippen LogP contribution >= 0.6 is 0 Å².